The van der Waals surface area contributed by atoms with Crippen molar-refractivity contribution in [3.8, 4) is 0 Å². The van der Waals surface area contributed by atoms with Crippen LogP contribution >= 0.6 is 0 Å². The molecule has 2 rings (SSSR count). The molecule has 0 saturated carbocycles. The number of aryl methyl sites for hydroxylation is 1. The number of rotatable bonds is 5. The lowest BCUT2D eigenvalue weighted by Crippen LogP contribution is -2.17. The summed E-state index contributed by atoms with van der Waals surface area (Å²) in [6.45, 7) is 8.00. The number of hydrogen-bond donors (Lipinski definition) is 0. The zero-order valence-corrected chi connectivity index (χ0v) is 13.9. The highest BCUT2D eigenvalue weighted by Crippen LogP contribution is 2.25. The van der Waals surface area contributed by atoms with Crippen LogP contribution < -0.4 is 0 Å². The van der Waals surface area contributed by atoms with Crippen LogP contribution in [0, 0.1) is 0 Å². The fourth-order valence-corrected chi connectivity index (χ4v) is 3.83. The maximum Gasteiger partial charge on any atom is 0.228 e. The van der Waals surface area contributed by atoms with Gasteiger partial charge in [-0.25, -0.2) is 13.4 Å². The van der Waals surface area contributed by atoms with E-state index in [1.54, 1.807) is 30.2 Å². The fraction of sp³-hybridized carbons (Fsp3) is 0.571. The molecular formula is C14H22N4O2S. The highest BCUT2D eigenvalue weighted by molar-refractivity contribution is 7.90. The Bertz CT molecular complexity index is 726. The molecule has 6 nitrogen and oxygen atoms in total. The van der Waals surface area contributed by atoms with E-state index in [-0.39, 0.29) is 22.9 Å². The van der Waals surface area contributed by atoms with E-state index < -0.39 is 9.84 Å². The zero-order chi connectivity index (χ0) is 15.8. The van der Waals surface area contributed by atoms with E-state index in [2.05, 4.69) is 10.1 Å². The van der Waals surface area contributed by atoms with Crippen LogP contribution in [0.2, 0.25) is 0 Å². The molecule has 0 fully saturated rings. The van der Waals surface area contributed by atoms with Crippen molar-refractivity contribution in [1.29, 1.82) is 0 Å². The van der Waals surface area contributed by atoms with Gasteiger partial charge in [0.05, 0.1) is 5.69 Å². The topological polar surface area (TPSA) is 69.8 Å². The van der Waals surface area contributed by atoms with E-state index in [9.17, 15) is 8.42 Å². The SMILES string of the molecule is CC(C)c1cnc(S(=O)(=O)Cc2ccn(C)n2)n1C(C)C. The molecule has 2 aromatic heterocycles. The Kier molecular flexibility index (Phi) is 4.22. The Labute approximate surface area is 125 Å². The van der Waals surface area contributed by atoms with Crippen molar-refractivity contribution in [1.82, 2.24) is 19.3 Å². The number of sulfone groups is 1. The second kappa shape index (κ2) is 5.63. The van der Waals surface area contributed by atoms with E-state index in [1.807, 2.05) is 32.3 Å². The Morgan fingerprint density at radius 2 is 1.90 bits per heavy atom. The van der Waals surface area contributed by atoms with Crippen LogP contribution in [0.3, 0.4) is 0 Å². The second-order valence-electron chi connectivity index (χ2n) is 5.82. The Balaban J connectivity index is 2.45. The summed E-state index contributed by atoms with van der Waals surface area (Å²) in [6.07, 6.45) is 3.40. The van der Waals surface area contributed by atoms with E-state index in [0.29, 0.717) is 5.69 Å². The van der Waals surface area contributed by atoms with Crippen LogP contribution in [-0.4, -0.2) is 27.7 Å². The van der Waals surface area contributed by atoms with Crippen LogP contribution in [0.25, 0.3) is 0 Å². The van der Waals surface area contributed by atoms with Crippen molar-refractivity contribution in [3.63, 3.8) is 0 Å². The first-order chi connectivity index (χ1) is 9.72. The van der Waals surface area contributed by atoms with Gasteiger partial charge in [-0.3, -0.25) is 4.68 Å². The molecule has 0 aliphatic rings. The monoisotopic (exact) mass is 310 g/mol. The van der Waals surface area contributed by atoms with Crippen LogP contribution in [-0.2, 0) is 22.6 Å². The maximum atomic E-state index is 12.6. The largest absolute Gasteiger partial charge is 0.316 e. The lowest BCUT2D eigenvalue weighted by Gasteiger charge is -2.17. The average Bonchev–Trinajstić information content (AvgIpc) is 2.94. The summed E-state index contributed by atoms with van der Waals surface area (Å²) in [7, 11) is -1.75. The highest BCUT2D eigenvalue weighted by atomic mass is 32.2. The summed E-state index contributed by atoms with van der Waals surface area (Å²) >= 11 is 0. The minimum absolute atomic E-state index is 0.0402. The van der Waals surface area contributed by atoms with Crippen molar-refractivity contribution in [2.24, 2.45) is 7.05 Å². The van der Waals surface area contributed by atoms with Crippen molar-refractivity contribution >= 4 is 9.84 Å². The third-order valence-electron chi connectivity index (χ3n) is 3.28. The van der Waals surface area contributed by atoms with Crippen LogP contribution in [0.4, 0.5) is 0 Å². The number of hydrogen-bond acceptors (Lipinski definition) is 4. The molecular weight excluding hydrogens is 288 g/mol. The van der Waals surface area contributed by atoms with Crippen molar-refractivity contribution in [2.75, 3.05) is 0 Å². The highest BCUT2D eigenvalue weighted by Gasteiger charge is 2.26. The maximum absolute atomic E-state index is 12.6. The normalized spacial score (nSPS) is 12.5. The van der Waals surface area contributed by atoms with Gasteiger partial charge in [0, 0.05) is 31.2 Å². The van der Waals surface area contributed by atoms with Gasteiger partial charge in [0.25, 0.3) is 0 Å². The molecule has 0 atom stereocenters. The fourth-order valence-electron chi connectivity index (χ4n) is 2.33. The summed E-state index contributed by atoms with van der Waals surface area (Å²) in [5.41, 5.74) is 1.46. The number of aromatic nitrogens is 4. The van der Waals surface area contributed by atoms with Gasteiger partial charge in [0.15, 0.2) is 0 Å². The predicted molar refractivity (Wildman–Crippen MR) is 80.8 cm³/mol. The number of imidazole rings is 1. The first kappa shape index (κ1) is 15.8. The minimum Gasteiger partial charge on any atom is -0.316 e. The Hall–Kier alpha value is -1.63. The molecule has 0 bridgehead atoms. The average molecular weight is 310 g/mol. The first-order valence-electron chi connectivity index (χ1n) is 7.00. The molecule has 0 aromatic carbocycles. The van der Waals surface area contributed by atoms with Crippen molar-refractivity contribution in [3.05, 3.63) is 29.8 Å². The van der Waals surface area contributed by atoms with Crippen LogP contribution in [0.15, 0.2) is 23.6 Å². The molecule has 21 heavy (non-hydrogen) atoms. The van der Waals surface area contributed by atoms with E-state index >= 15 is 0 Å². The molecule has 2 heterocycles. The molecule has 0 amide bonds. The minimum atomic E-state index is -3.51. The van der Waals surface area contributed by atoms with Crippen molar-refractivity contribution in [2.45, 2.75) is 50.6 Å². The molecule has 2 aromatic rings. The quantitative estimate of drug-likeness (QED) is 0.849. The molecule has 0 N–H and O–H groups in total. The van der Waals surface area contributed by atoms with Gasteiger partial charge >= 0.3 is 0 Å². The van der Waals surface area contributed by atoms with E-state index in [0.717, 1.165) is 5.69 Å². The molecule has 0 unspecified atom stereocenters. The molecule has 0 aliphatic carbocycles. The third kappa shape index (κ3) is 3.18. The van der Waals surface area contributed by atoms with Gasteiger partial charge in [-0.2, -0.15) is 5.10 Å². The molecule has 0 radical (unpaired) electrons. The van der Waals surface area contributed by atoms with Gasteiger partial charge < -0.3 is 4.57 Å². The second-order valence-corrected chi connectivity index (χ2v) is 7.71. The standard InChI is InChI=1S/C14H22N4O2S/c1-10(2)13-8-15-14(18(13)11(3)4)21(19,20)9-12-6-7-17(5)16-12/h6-8,10-11H,9H2,1-5H3. The van der Waals surface area contributed by atoms with Gasteiger partial charge in [-0.15, -0.1) is 0 Å². The molecule has 0 spiro atoms. The lowest BCUT2D eigenvalue weighted by molar-refractivity contribution is 0.495. The lowest BCUT2D eigenvalue weighted by atomic mass is 10.1. The van der Waals surface area contributed by atoms with Crippen LogP contribution in [0.1, 0.15) is 51.0 Å². The van der Waals surface area contributed by atoms with Gasteiger partial charge in [0.2, 0.25) is 15.0 Å². The van der Waals surface area contributed by atoms with Crippen molar-refractivity contribution < 1.29 is 8.42 Å². The summed E-state index contributed by atoms with van der Waals surface area (Å²) < 4.78 is 28.7. The predicted octanol–water partition coefficient (Wildman–Crippen LogP) is 2.29. The summed E-state index contributed by atoms with van der Waals surface area (Å²) in [5.74, 6) is 0.0912. The summed E-state index contributed by atoms with van der Waals surface area (Å²) in [4.78, 5) is 4.17. The number of nitrogens with zero attached hydrogens (tertiary/aromatic N) is 4. The first-order valence-corrected chi connectivity index (χ1v) is 8.66. The van der Waals surface area contributed by atoms with E-state index in [4.69, 9.17) is 0 Å². The van der Waals surface area contributed by atoms with Gasteiger partial charge in [-0.1, -0.05) is 13.8 Å². The van der Waals surface area contributed by atoms with Crippen LogP contribution in [0.5, 0.6) is 0 Å². The zero-order valence-electron chi connectivity index (χ0n) is 13.1. The smallest absolute Gasteiger partial charge is 0.228 e. The van der Waals surface area contributed by atoms with Gasteiger partial charge in [0.1, 0.15) is 5.75 Å². The molecule has 116 valence electrons. The summed E-state index contributed by atoms with van der Waals surface area (Å²) in [6, 6.07) is 1.75. The molecule has 0 saturated heterocycles. The Morgan fingerprint density at radius 1 is 1.24 bits per heavy atom. The summed E-state index contributed by atoms with van der Waals surface area (Å²) in [5, 5.41) is 4.27. The third-order valence-corrected chi connectivity index (χ3v) is 4.82. The van der Waals surface area contributed by atoms with Gasteiger partial charge in [-0.05, 0) is 25.8 Å². The Morgan fingerprint density at radius 3 is 2.38 bits per heavy atom. The molecule has 0 aliphatic heterocycles. The van der Waals surface area contributed by atoms with E-state index in [1.165, 1.54) is 0 Å². The molecule has 7 heteroatoms.